The predicted molar refractivity (Wildman–Crippen MR) is 116 cm³/mol. The number of amides is 1. The predicted octanol–water partition coefficient (Wildman–Crippen LogP) is 4.87. The highest BCUT2D eigenvalue weighted by molar-refractivity contribution is 7.89. The van der Waals surface area contributed by atoms with Crippen LogP contribution in [-0.4, -0.2) is 25.6 Å². The van der Waals surface area contributed by atoms with Crippen LogP contribution in [0.5, 0.6) is 0 Å². The van der Waals surface area contributed by atoms with Crippen molar-refractivity contribution in [2.45, 2.75) is 24.4 Å². The van der Waals surface area contributed by atoms with E-state index in [9.17, 15) is 30.8 Å². The zero-order valence-corrected chi connectivity index (χ0v) is 18.7. The molecule has 2 aromatic carbocycles. The summed E-state index contributed by atoms with van der Waals surface area (Å²) in [5.41, 5.74) is -0.739. The van der Waals surface area contributed by atoms with Gasteiger partial charge in [-0.2, -0.15) is 13.2 Å². The van der Waals surface area contributed by atoms with Crippen LogP contribution in [0.1, 0.15) is 27.3 Å². The molecule has 0 aliphatic carbocycles. The lowest BCUT2D eigenvalue weighted by atomic mass is 10.1. The van der Waals surface area contributed by atoms with Gasteiger partial charge in [0.1, 0.15) is 0 Å². The molecule has 12 heteroatoms. The smallest absolute Gasteiger partial charge is 0.322 e. The van der Waals surface area contributed by atoms with Gasteiger partial charge in [-0.05, 0) is 55.5 Å². The highest BCUT2D eigenvalue weighted by atomic mass is 35.5. The number of benzene rings is 2. The average molecular weight is 504 g/mol. The van der Waals surface area contributed by atoms with Crippen LogP contribution < -0.4 is 10.5 Å². The van der Waals surface area contributed by atoms with E-state index < -0.39 is 34.3 Å². The lowest BCUT2D eigenvalue weighted by Crippen LogP contribution is -2.15. The Morgan fingerprint density at radius 1 is 1.12 bits per heavy atom. The second kappa shape index (κ2) is 9.16. The van der Waals surface area contributed by atoms with E-state index in [1.54, 1.807) is 0 Å². The van der Waals surface area contributed by atoms with E-state index in [-0.39, 0.29) is 44.7 Å². The third kappa shape index (κ3) is 5.37. The molecular formula is C21H18ClF4N3O3S. The van der Waals surface area contributed by atoms with Gasteiger partial charge in [-0.3, -0.25) is 9.18 Å². The highest BCUT2D eigenvalue weighted by Crippen LogP contribution is 2.37. The molecular weight excluding hydrogens is 486 g/mol. The van der Waals surface area contributed by atoms with Gasteiger partial charge in [0, 0.05) is 28.5 Å². The number of anilines is 1. The normalized spacial score (nSPS) is 12.1. The molecule has 176 valence electrons. The summed E-state index contributed by atoms with van der Waals surface area (Å²) in [5, 5.41) is 7.46. The molecule has 0 atom stereocenters. The van der Waals surface area contributed by atoms with Crippen LogP contribution in [0, 0.1) is 6.92 Å². The molecule has 0 saturated carbocycles. The summed E-state index contributed by atoms with van der Waals surface area (Å²) in [4.78, 5) is 12.7. The monoisotopic (exact) mass is 503 g/mol. The van der Waals surface area contributed by atoms with Crippen molar-refractivity contribution in [2.24, 2.45) is 5.14 Å². The second-order valence-electron chi connectivity index (χ2n) is 7.09. The summed E-state index contributed by atoms with van der Waals surface area (Å²) in [6.45, 7) is 0.587. The Hall–Kier alpha value is -2.89. The molecule has 0 fully saturated rings. The van der Waals surface area contributed by atoms with Crippen molar-refractivity contribution in [2.75, 3.05) is 12.0 Å². The van der Waals surface area contributed by atoms with Gasteiger partial charge in [-0.1, -0.05) is 11.6 Å². The number of primary sulfonamides is 1. The van der Waals surface area contributed by atoms with Gasteiger partial charge in [-0.15, -0.1) is 0 Å². The van der Waals surface area contributed by atoms with Crippen LogP contribution in [0.4, 0.5) is 23.2 Å². The Kier molecular flexibility index (Phi) is 6.87. The van der Waals surface area contributed by atoms with Gasteiger partial charge in [0.25, 0.3) is 5.91 Å². The molecule has 3 aromatic rings. The molecule has 0 spiro atoms. The third-order valence-corrected chi connectivity index (χ3v) is 6.03. The number of carbonyl (C=O) groups is 1. The number of halogens is 5. The second-order valence-corrected chi connectivity index (χ2v) is 9.09. The number of nitrogens with one attached hydrogen (secondary N) is 1. The van der Waals surface area contributed by atoms with E-state index >= 15 is 0 Å². The molecule has 1 aromatic heterocycles. The van der Waals surface area contributed by atoms with Crippen LogP contribution in [0.2, 0.25) is 5.02 Å². The van der Waals surface area contributed by atoms with Crippen molar-refractivity contribution in [1.29, 1.82) is 0 Å². The van der Waals surface area contributed by atoms with Crippen LogP contribution >= 0.6 is 11.6 Å². The minimum Gasteiger partial charge on any atom is -0.322 e. The molecule has 0 bridgehead atoms. The fourth-order valence-corrected chi connectivity index (χ4v) is 4.06. The number of aromatic nitrogens is 1. The Balaban J connectivity index is 2.05. The molecule has 0 aliphatic rings. The Bertz CT molecular complexity index is 1300. The summed E-state index contributed by atoms with van der Waals surface area (Å²) >= 11 is 5.76. The largest absolute Gasteiger partial charge is 0.418 e. The number of rotatable bonds is 6. The van der Waals surface area contributed by atoms with Gasteiger partial charge < -0.3 is 9.88 Å². The van der Waals surface area contributed by atoms with Gasteiger partial charge in [0.2, 0.25) is 10.0 Å². The standard InChI is InChI=1S/C21H18ClF4N3O3S/c1-12-17(20(30)28-14-3-5-16(6-4-14)33(27,31)32)11-15(8-9-23)29(12)19-7-2-13(22)10-18(19)21(24,25)26/h2-7,10-11H,8-9H2,1H3,(H,28,30)(H2,27,31,32). The first-order chi connectivity index (χ1) is 15.3. The van der Waals surface area contributed by atoms with Crippen molar-refractivity contribution in [3.8, 4) is 5.69 Å². The number of nitrogens with zero attached hydrogens (tertiary/aromatic N) is 1. The van der Waals surface area contributed by atoms with E-state index in [4.69, 9.17) is 16.7 Å². The zero-order valence-electron chi connectivity index (χ0n) is 17.1. The molecule has 3 rings (SSSR count). The maximum atomic E-state index is 13.7. The van der Waals surface area contributed by atoms with Gasteiger partial charge in [-0.25, -0.2) is 13.6 Å². The van der Waals surface area contributed by atoms with Gasteiger partial charge in [0.15, 0.2) is 0 Å². The molecule has 0 aliphatic heterocycles. The maximum absolute atomic E-state index is 13.7. The minimum absolute atomic E-state index is 0.0250. The zero-order chi connectivity index (χ0) is 24.6. The van der Waals surface area contributed by atoms with Crippen LogP contribution in [-0.2, 0) is 22.6 Å². The highest BCUT2D eigenvalue weighted by Gasteiger charge is 2.35. The summed E-state index contributed by atoms with van der Waals surface area (Å²) in [5.74, 6) is -0.669. The van der Waals surface area contributed by atoms with Gasteiger partial charge >= 0.3 is 6.18 Å². The summed E-state index contributed by atoms with van der Waals surface area (Å²) in [7, 11) is -3.92. The molecule has 3 N–H and O–H groups in total. The molecule has 0 unspecified atom stereocenters. The number of nitrogens with two attached hydrogens (primary N) is 1. The quantitative estimate of drug-likeness (QED) is 0.470. The Morgan fingerprint density at radius 2 is 1.76 bits per heavy atom. The first-order valence-electron chi connectivity index (χ1n) is 9.41. The Labute approximate surface area is 192 Å². The number of aryl methyl sites for hydroxylation is 1. The van der Waals surface area contributed by atoms with Crippen LogP contribution in [0.3, 0.4) is 0 Å². The summed E-state index contributed by atoms with van der Waals surface area (Å²) in [6.07, 6.45) is -4.96. The molecule has 1 amide bonds. The number of alkyl halides is 4. The Morgan fingerprint density at radius 3 is 2.30 bits per heavy atom. The van der Waals surface area contributed by atoms with Crippen molar-refractivity contribution in [3.63, 3.8) is 0 Å². The van der Waals surface area contributed by atoms with E-state index in [0.29, 0.717) is 0 Å². The van der Waals surface area contributed by atoms with Gasteiger partial charge in [0.05, 0.1) is 28.4 Å². The van der Waals surface area contributed by atoms with Crippen LogP contribution in [0.15, 0.2) is 53.4 Å². The summed E-state index contributed by atoms with van der Waals surface area (Å²) in [6, 6.07) is 9.54. The SMILES string of the molecule is Cc1c(C(=O)Nc2ccc(S(N)(=O)=O)cc2)cc(CCF)n1-c1ccc(Cl)cc1C(F)(F)F. The molecule has 0 saturated heterocycles. The lowest BCUT2D eigenvalue weighted by Gasteiger charge is -2.18. The number of hydrogen-bond donors (Lipinski definition) is 2. The number of hydrogen-bond acceptors (Lipinski definition) is 3. The summed E-state index contributed by atoms with van der Waals surface area (Å²) < 4.78 is 78.0. The molecule has 6 nitrogen and oxygen atoms in total. The average Bonchev–Trinajstić information content (AvgIpc) is 3.03. The first kappa shape index (κ1) is 24.7. The number of sulfonamides is 1. The fraction of sp³-hybridized carbons (Fsp3) is 0.190. The van der Waals surface area contributed by atoms with E-state index in [1.807, 2.05) is 0 Å². The minimum atomic E-state index is -4.74. The molecule has 33 heavy (non-hydrogen) atoms. The third-order valence-electron chi connectivity index (χ3n) is 4.86. The van der Waals surface area contributed by atoms with E-state index in [1.165, 1.54) is 47.9 Å². The van der Waals surface area contributed by atoms with Crippen molar-refractivity contribution in [1.82, 2.24) is 4.57 Å². The number of carbonyl (C=O) groups excluding carboxylic acids is 1. The van der Waals surface area contributed by atoms with E-state index in [0.717, 1.165) is 12.1 Å². The lowest BCUT2D eigenvalue weighted by molar-refractivity contribution is -0.137. The maximum Gasteiger partial charge on any atom is 0.418 e. The first-order valence-corrected chi connectivity index (χ1v) is 11.3. The van der Waals surface area contributed by atoms with Crippen molar-refractivity contribution in [3.05, 3.63) is 76.1 Å². The molecule has 0 radical (unpaired) electrons. The van der Waals surface area contributed by atoms with Crippen LogP contribution in [0.25, 0.3) is 5.69 Å². The topological polar surface area (TPSA) is 94.2 Å². The van der Waals surface area contributed by atoms with Crippen molar-refractivity contribution >= 4 is 33.2 Å². The van der Waals surface area contributed by atoms with Crippen molar-refractivity contribution < 1.29 is 30.8 Å². The fourth-order valence-electron chi connectivity index (χ4n) is 3.37. The van der Waals surface area contributed by atoms with E-state index in [2.05, 4.69) is 5.32 Å². The molecule has 1 heterocycles.